The number of hydrogen-bond acceptors (Lipinski definition) is 3. The lowest BCUT2D eigenvalue weighted by molar-refractivity contribution is -0.147. The number of hydrogen-bond donors (Lipinski definition) is 1. The van der Waals surface area contributed by atoms with Crippen molar-refractivity contribution >= 4 is 5.97 Å². The number of nitrogens with one attached hydrogen (secondary N) is 1. The normalized spacial score (nSPS) is 16.9. The van der Waals surface area contributed by atoms with E-state index in [1.54, 1.807) is 0 Å². The second-order valence-corrected chi connectivity index (χ2v) is 4.61. The smallest absolute Gasteiger partial charge is 0.328 e. The molecule has 3 heteroatoms. The topological polar surface area (TPSA) is 38.3 Å². The molecule has 2 aromatic rings. The van der Waals surface area contributed by atoms with Gasteiger partial charge in [0.15, 0.2) is 0 Å². The molecule has 0 saturated carbocycles. The van der Waals surface area contributed by atoms with Gasteiger partial charge in [-0.3, -0.25) is 5.32 Å². The highest BCUT2D eigenvalue weighted by molar-refractivity contribution is 5.79. The van der Waals surface area contributed by atoms with Crippen LogP contribution in [0.3, 0.4) is 0 Å². The number of benzene rings is 2. The van der Waals surface area contributed by atoms with Crippen molar-refractivity contribution in [1.82, 2.24) is 5.32 Å². The van der Waals surface area contributed by atoms with Crippen LogP contribution in [0, 0.1) is 0 Å². The van der Waals surface area contributed by atoms with Crippen LogP contribution in [0.1, 0.15) is 22.7 Å². The van der Waals surface area contributed by atoms with Crippen LogP contribution in [0.25, 0.3) is 0 Å². The van der Waals surface area contributed by atoms with Gasteiger partial charge in [0.05, 0.1) is 0 Å². The van der Waals surface area contributed by atoms with Gasteiger partial charge in [-0.1, -0.05) is 54.6 Å². The van der Waals surface area contributed by atoms with Crippen LogP contribution < -0.4 is 5.32 Å². The highest BCUT2D eigenvalue weighted by Crippen LogP contribution is 2.26. The number of carbonyl (C=O) groups excluding carboxylic acids is 1. The Balaban J connectivity index is 1.66. The Bertz CT molecular complexity index is 580. The third kappa shape index (κ3) is 2.51. The van der Waals surface area contributed by atoms with Gasteiger partial charge in [0.1, 0.15) is 12.6 Å². The van der Waals surface area contributed by atoms with E-state index in [4.69, 9.17) is 4.74 Å². The third-order valence-electron chi connectivity index (χ3n) is 3.32. The van der Waals surface area contributed by atoms with Crippen molar-refractivity contribution in [2.45, 2.75) is 19.2 Å². The molecule has 0 amide bonds. The van der Waals surface area contributed by atoms with Gasteiger partial charge < -0.3 is 4.74 Å². The van der Waals surface area contributed by atoms with Gasteiger partial charge in [-0.25, -0.2) is 4.79 Å². The zero-order chi connectivity index (χ0) is 13.1. The Morgan fingerprint density at radius 1 is 1.11 bits per heavy atom. The van der Waals surface area contributed by atoms with Crippen LogP contribution in [-0.4, -0.2) is 5.97 Å². The molecule has 0 saturated heterocycles. The van der Waals surface area contributed by atoms with E-state index < -0.39 is 0 Å². The highest BCUT2D eigenvalue weighted by atomic mass is 16.5. The van der Waals surface area contributed by atoms with Crippen molar-refractivity contribution in [3.8, 4) is 0 Å². The number of ether oxygens (including phenoxy) is 1. The van der Waals surface area contributed by atoms with E-state index in [1.165, 1.54) is 5.56 Å². The fraction of sp³-hybridized carbons (Fsp3) is 0.188. The number of carbonyl (C=O) groups is 1. The Hall–Kier alpha value is -2.13. The monoisotopic (exact) mass is 253 g/mol. The maximum absolute atomic E-state index is 12.1. The van der Waals surface area contributed by atoms with E-state index in [0.717, 1.165) is 17.7 Å². The molecule has 0 radical (unpaired) electrons. The zero-order valence-electron chi connectivity index (χ0n) is 10.5. The van der Waals surface area contributed by atoms with Crippen molar-refractivity contribution in [2.24, 2.45) is 0 Å². The molecule has 3 rings (SSSR count). The van der Waals surface area contributed by atoms with Crippen LogP contribution in [-0.2, 0) is 22.7 Å². The summed E-state index contributed by atoms with van der Waals surface area (Å²) < 4.78 is 5.37. The lowest BCUT2D eigenvalue weighted by atomic mass is 10.1. The predicted molar refractivity (Wildman–Crippen MR) is 72.3 cm³/mol. The van der Waals surface area contributed by atoms with Gasteiger partial charge in [-0.15, -0.1) is 0 Å². The van der Waals surface area contributed by atoms with Crippen molar-refractivity contribution in [3.63, 3.8) is 0 Å². The summed E-state index contributed by atoms with van der Waals surface area (Å²) in [5, 5.41) is 3.18. The van der Waals surface area contributed by atoms with E-state index >= 15 is 0 Å². The lowest BCUT2D eigenvalue weighted by Gasteiger charge is -2.11. The first-order valence-electron chi connectivity index (χ1n) is 6.36. The van der Waals surface area contributed by atoms with Crippen LogP contribution >= 0.6 is 0 Å². The average molecular weight is 253 g/mol. The summed E-state index contributed by atoms with van der Waals surface area (Å²) in [5.41, 5.74) is 3.20. The molecule has 0 spiro atoms. The van der Waals surface area contributed by atoms with Gasteiger partial charge in [0, 0.05) is 6.54 Å². The average Bonchev–Trinajstić information content (AvgIpc) is 2.90. The summed E-state index contributed by atoms with van der Waals surface area (Å²) in [7, 11) is 0. The standard InChI is InChI=1S/C16H15NO2/c18-16(19-11-12-6-2-1-3-7-12)15-14-9-5-4-8-13(14)10-17-15/h1-9,15,17H,10-11H2/t15-/m0/s1. The Morgan fingerprint density at radius 3 is 2.68 bits per heavy atom. The van der Waals surface area contributed by atoms with E-state index in [1.807, 2.05) is 54.6 Å². The highest BCUT2D eigenvalue weighted by Gasteiger charge is 2.28. The molecule has 1 heterocycles. The molecule has 0 unspecified atom stereocenters. The molecule has 0 bridgehead atoms. The van der Waals surface area contributed by atoms with Gasteiger partial charge in [-0.05, 0) is 16.7 Å². The van der Waals surface area contributed by atoms with Gasteiger partial charge in [0.25, 0.3) is 0 Å². The van der Waals surface area contributed by atoms with Crippen molar-refractivity contribution in [3.05, 3.63) is 71.3 Å². The summed E-state index contributed by atoms with van der Waals surface area (Å²) in [4.78, 5) is 12.1. The second-order valence-electron chi connectivity index (χ2n) is 4.61. The molecule has 0 aliphatic carbocycles. The summed E-state index contributed by atoms with van der Waals surface area (Å²) >= 11 is 0. The first kappa shape index (κ1) is 11.9. The first-order valence-corrected chi connectivity index (χ1v) is 6.36. The fourth-order valence-electron chi connectivity index (χ4n) is 2.32. The summed E-state index contributed by atoms with van der Waals surface area (Å²) in [6.07, 6.45) is 0. The second kappa shape index (κ2) is 5.24. The largest absolute Gasteiger partial charge is 0.459 e. The molecule has 1 atom stereocenters. The molecule has 0 aromatic heterocycles. The minimum atomic E-state index is -0.333. The van der Waals surface area contributed by atoms with Crippen molar-refractivity contribution in [1.29, 1.82) is 0 Å². The van der Waals surface area contributed by atoms with Gasteiger partial charge >= 0.3 is 5.97 Å². The Labute approximate surface area is 112 Å². The molecule has 0 fully saturated rings. The molecule has 2 aromatic carbocycles. The maximum atomic E-state index is 12.1. The van der Waals surface area contributed by atoms with Crippen molar-refractivity contribution in [2.75, 3.05) is 0 Å². The lowest BCUT2D eigenvalue weighted by Crippen LogP contribution is -2.24. The summed E-state index contributed by atoms with van der Waals surface area (Å²) in [6, 6.07) is 17.3. The summed E-state index contributed by atoms with van der Waals surface area (Å²) in [5.74, 6) is -0.214. The molecular weight excluding hydrogens is 238 g/mol. The third-order valence-corrected chi connectivity index (χ3v) is 3.32. The molecule has 3 nitrogen and oxygen atoms in total. The van der Waals surface area contributed by atoms with Crippen LogP contribution in [0.2, 0.25) is 0 Å². The predicted octanol–water partition coefficient (Wildman–Crippen LogP) is 2.57. The van der Waals surface area contributed by atoms with Crippen LogP contribution in [0.5, 0.6) is 0 Å². The van der Waals surface area contributed by atoms with Gasteiger partial charge in [0.2, 0.25) is 0 Å². The fourth-order valence-corrected chi connectivity index (χ4v) is 2.32. The Morgan fingerprint density at radius 2 is 1.84 bits per heavy atom. The quantitative estimate of drug-likeness (QED) is 0.854. The summed E-state index contributed by atoms with van der Waals surface area (Å²) in [6.45, 7) is 1.04. The maximum Gasteiger partial charge on any atom is 0.328 e. The number of rotatable bonds is 3. The molecule has 1 aliphatic heterocycles. The van der Waals surface area contributed by atoms with Gasteiger partial charge in [-0.2, -0.15) is 0 Å². The molecular formula is C16H15NO2. The van der Waals surface area contributed by atoms with E-state index in [9.17, 15) is 4.79 Å². The zero-order valence-corrected chi connectivity index (χ0v) is 10.5. The van der Waals surface area contributed by atoms with E-state index in [-0.39, 0.29) is 12.0 Å². The minimum Gasteiger partial charge on any atom is -0.459 e. The SMILES string of the molecule is O=C(OCc1ccccc1)[C@H]1NCc2ccccc21. The van der Waals surface area contributed by atoms with Crippen molar-refractivity contribution < 1.29 is 9.53 Å². The Kier molecular flexibility index (Phi) is 3.29. The molecule has 96 valence electrons. The number of esters is 1. The molecule has 1 aliphatic rings. The minimum absolute atomic E-state index is 0.214. The van der Waals surface area contributed by atoms with Crippen LogP contribution in [0.4, 0.5) is 0 Å². The van der Waals surface area contributed by atoms with Crippen LogP contribution in [0.15, 0.2) is 54.6 Å². The molecule has 1 N–H and O–H groups in total. The van der Waals surface area contributed by atoms with E-state index in [2.05, 4.69) is 5.32 Å². The van der Waals surface area contributed by atoms with E-state index in [0.29, 0.717) is 6.61 Å². The number of fused-ring (bicyclic) bond motifs is 1. The molecule has 19 heavy (non-hydrogen) atoms. The first-order chi connectivity index (χ1) is 9.34.